The highest BCUT2D eigenvalue weighted by Crippen LogP contribution is 2.34. The molecule has 1 aromatic heterocycles. The Morgan fingerprint density at radius 2 is 2.05 bits per heavy atom. The zero-order valence-electron chi connectivity index (χ0n) is 13.4. The number of hydrogen-bond donors (Lipinski definition) is 1. The molecular weight excluding hydrogens is 262 g/mol. The van der Waals surface area contributed by atoms with Crippen molar-refractivity contribution in [2.24, 2.45) is 17.8 Å². The maximum Gasteiger partial charge on any atom is 0.239 e. The smallest absolute Gasteiger partial charge is 0.239 e. The van der Waals surface area contributed by atoms with Gasteiger partial charge in [-0.05, 0) is 56.1 Å². The Morgan fingerprint density at radius 1 is 1.29 bits per heavy atom. The minimum absolute atomic E-state index is 0.508. The average Bonchev–Trinajstić information content (AvgIpc) is 3.26. The molecule has 1 saturated carbocycles. The standard InChI is InChI=1S/C17H27N3O/c1-11-8-12(2)13(3)20(9-11)16-7-6-15(18)17(19-16)21-10-14-4-5-14/h6-7,11-14H,4-5,8-10,18H2,1-3H3. The van der Waals surface area contributed by atoms with Crippen LogP contribution in [0.25, 0.3) is 0 Å². The van der Waals surface area contributed by atoms with Crippen LogP contribution >= 0.6 is 0 Å². The molecule has 3 atom stereocenters. The Balaban J connectivity index is 1.78. The van der Waals surface area contributed by atoms with Gasteiger partial charge in [0.2, 0.25) is 5.88 Å². The lowest BCUT2D eigenvalue weighted by atomic mass is 9.86. The van der Waals surface area contributed by atoms with Crippen LogP contribution in [0.2, 0.25) is 0 Å². The third-order valence-electron chi connectivity index (χ3n) is 4.92. The second-order valence-corrected chi connectivity index (χ2v) is 7.03. The molecule has 2 fully saturated rings. The molecular formula is C17H27N3O. The lowest BCUT2D eigenvalue weighted by Gasteiger charge is -2.42. The molecule has 4 nitrogen and oxygen atoms in total. The summed E-state index contributed by atoms with van der Waals surface area (Å²) >= 11 is 0. The molecule has 1 aromatic rings. The van der Waals surface area contributed by atoms with E-state index in [-0.39, 0.29) is 0 Å². The van der Waals surface area contributed by atoms with Crippen molar-refractivity contribution in [2.75, 3.05) is 23.8 Å². The first-order valence-electron chi connectivity index (χ1n) is 8.20. The van der Waals surface area contributed by atoms with E-state index in [2.05, 4.69) is 25.7 Å². The molecule has 1 aliphatic carbocycles. The van der Waals surface area contributed by atoms with E-state index in [0.717, 1.165) is 19.0 Å². The summed E-state index contributed by atoms with van der Waals surface area (Å²) in [7, 11) is 0. The zero-order valence-corrected chi connectivity index (χ0v) is 13.4. The molecule has 1 saturated heterocycles. The van der Waals surface area contributed by atoms with E-state index < -0.39 is 0 Å². The van der Waals surface area contributed by atoms with Gasteiger partial charge >= 0.3 is 0 Å². The first kappa shape index (κ1) is 14.5. The number of anilines is 2. The van der Waals surface area contributed by atoms with Crippen LogP contribution in [0.3, 0.4) is 0 Å². The van der Waals surface area contributed by atoms with Gasteiger partial charge in [-0.25, -0.2) is 0 Å². The van der Waals surface area contributed by atoms with Crippen LogP contribution in [0.5, 0.6) is 5.88 Å². The molecule has 3 rings (SSSR count). The van der Waals surface area contributed by atoms with E-state index >= 15 is 0 Å². The van der Waals surface area contributed by atoms with Crippen molar-refractivity contribution in [3.63, 3.8) is 0 Å². The number of rotatable bonds is 4. The largest absolute Gasteiger partial charge is 0.476 e. The van der Waals surface area contributed by atoms with Crippen LogP contribution in [-0.4, -0.2) is 24.2 Å². The van der Waals surface area contributed by atoms with Crippen LogP contribution in [0.15, 0.2) is 12.1 Å². The van der Waals surface area contributed by atoms with E-state index in [9.17, 15) is 0 Å². The van der Waals surface area contributed by atoms with Crippen molar-refractivity contribution in [2.45, 2.75) is 46.1 Å². The minimum atomic E-state index is 0.508. The van der Waals surface area contributed by atoms with Gasteiger partial charge in [0.05, 0.1) is 12.3 Å². The molecule has 2 N–H and O–H groups in total. The Hall–Kier alpha value is -1.45. The molecule has 0 spiro atoms. The van der Waals surface area contributed by atoms with Crippen LogP contribution in [0.4, 0.5) is 11.5 Å². The number of pyridine rings is 1. The van der Waals surface area contributed by atoms with Gasteiger partial charge in [-0.3, -0.25) is 0 Å². The van der Waals surface area contributed by atoms with Gasteiger partial charge in [0, 0.05) is 12.6 Å². The van der Waals surface area contributed by atoms with E-state index in [1.807, 2.05) is 12.1 Å². The summed E-state index contributed by atoms with van der Waals surface area (Å²) in [6.07, 6.45) is 3.84. The fraction of sp³-hybridized carbons (Fsp3) is 0.706. The van der Waals surface area contributed by atoms with Crippen LogP contribution in [0, 0.1) is 17.8 Å². The Kier molecular flexibility index (Phi) is 3.96. The summed E-state index contributed by atoms with van der Waals surface area (Å²) in [5.41, 5.74) is 6.65. The second kappa shape index (κ2) is 5.74. The first-order valence-corrected chi connectivity index (χ1v) is 8.20. The molecule has 4 heteroatoms. The first-order chi connectivity index (χ1) is 10.0. The molecule has 0 aromatic carbocycles. The maximum absolute atomic E-state index is 6.01. The third kappa shape index (κ3) is 3.25. The number of nitrogen functional groups attached to an aromatic ring is 1. The van der Waals surface area contributed by atoms with E-state index in [4.69, 9.17) is 15.5 Å². The normalized spacial score (nSPS) is 29.5. The molecule has 2 aliphatic rings. The number of hydrogen-bond acceptors (Lipinski definition) is 4. The second-order valence-electron chi connectivity index (χ2n) is 7.03. The van der Waals surface area contributed by atoms with E-state index in [0.29, 0.717) is 35.4 Å². The summed E-state index contributed by atoms with van der Waals surface area (Å²) in [5.74, 6) is 3.71. The predicted octanol–water partition coefficient (Wildman–Crippen LogP) is 3.32. The fourth-order valence-corrected chi connectivity index (χ4v) is 3.22. The Morgan fingerprint density at radius 3 is 2.76 bits per heavy atom. The lowest BCUT2D eigenvalue weighted by Crippen LogP contribution is -2.46. The molecule has 0 bridgehead atoms. The summed E-state index contributed by atoms with van der Waals surface area (Å²) in [5, 5.41) is 0. The van der Waals surface area contributed by atoms with Gasteiger partial charge in [0.25, 0.3) is 0 Å². The molecule has 21 heavy (non-hydrogen) atoms. The van der Waals surface area contributed by atoms with Crippen molar-refractivity contribution in [3.8, 4) is 5.88 Å². The van der Waals surface area contributed by atoms with Crippen molar-refractivity contribution < 1.29 is 4.74 Å². The SMILES string of the molecule is CC1CC(C)C(C)N(c2ccc(N)c(OCC3CC3)n2)C1. The van der Waals surface area contributed by atoms with Crippen LogP contribution in [-0.2, 0) is 0 Å². The summed E-state index contributed by atoms with van der Waals surface area (Å²) in [6, 6.07) is 4.47. The highest BCUT2D eigenvalue weighted by atomic mass is 16.5. The van der Waals surface area contributed by atoms with Gasteiger partial charge in [-0.1, -0.05) is 13.8 Å². The molecule has 3 unspecified atom stereocenters. The highest BCUT2D eigenvalue weighted by molar-refractivity contribution is 5.55. The average molecular weight is 289 g/mol. The number of aromatic nitrogens is 1. The number of piperidine rings is 1. The highest BCUT2D eigenvalue weighted by Gasteiger charge is 2.30. The van der Waals surface area contributed by atoms with Crippen LogP contribution < -0.4 is 15.4 Å². The minimum Gasteiger partial charge on any atom is -0.476 e. The molecule has 0 radical (unpaired) electrons. The van der Waals surface area contributed by atoms with Gasteiger partial charge in [0.15, 0.2) is 0 Å². The zero-order chi connectivity index (χ0) is 15.0. The maximum atomic E-state index is 6.01. The summed E-state index contributed by atoms with van der Waals surface area (Å²) in [4.78, 5) is 7.10. The number of nitrogens with zero attached hydrogens (tertiary/aromatic N) is 2. The molecule has 1 aliphatic heterocycles. The third-order valence-corrected chi connectivity index (χ3v) is 4.92. The Labute approximate surface area is 127 Å². The van der Waals surface area contributed by atoms with Gasteiger partial charge in [-0.2, -0.15) is 4.98 Å². The fourth-order valence-electron chi connectivity index (χ4n) is 3.22. The summed E-state index contributed by atoms with van der Waals surface area (Å²) in [6.45, 7) is 8.75. The lowest BCUT2D eigenvalue weighted by molar-refractivity contribution is 0.283. The van der Waals surface area contributed by atoms with Gasteiger partial charge in [0.1, 0.15) is 5.82 Å². The summed E-state index contributed by atoms with van der Waals surface area (Å²) < 4.78 is 5.82. The van der Waals surface area contributed by atoms with Crippen molar-refractivity contribution in [1.29, 1.82) is 0 Å². The monoisotopic (exact) mass is 289 g/mol. The van der Waals surface area contributed by atoms with Gasteiger partial charge in [-0.15, -0.1) is 0 Å². The number of ether oxygens (including phenoxy) is 1. The molecule has 0 amide bonds. The van der Waals surface area contributed by atoms with Crippen molar-refractivity contribution >= 4 is 11.5 Å². The number of nitrogens with two attached hydrogens (primary N) is 1. The predicted molar refractivity (Wildman–Crippen MR) is 86.6 cm³/mol. The van der Waals surface area contributed by atoms with Gasteiger partial charge < -0.3 is 15.4 Å². The molecule has 2 heterocycles. The topological polar surface area (TPSA) is 51.4 Å². The van der Waals surface area contributed by atoms with Crippen molar-refractivity contribution in [1.82, 2.24) is 4.98 Å². The van der Waals surface area contributed by atoms with E-state index in [1.54, 1.807) is 0 Å². The Bertz CT molecular complexity index is 501. The quantitative estimate of drug-likeness (QED) is 0.923. The van der Waals surface area contributed by atoms with Crippen molar-refractivity contribution in [3.05, 3.63) is 12.1 Å². The molecule has 116 valence electrons. The van der Waals surface area contributed by atoms with E-state index in [1.165, 1.54) is 19.3 Å². The van der Waals surface area contributed by atoms with Crippen LogP contribution in [0.1, 0.15) is 40.0 Å².